The van der Waals surface area contributed by atoms with Crippen LogP contribution in [0.15, 0.2) is 38.7 Å². The summed E-state index contributed by atoms with van der Waals surface area (Å²) < 4.78 is 6.27. The van der Waals surface area contributed by atoms with E-state index >= 15 is 0 Å². The standard InChI is InChI=1S/C12H12BrNO2S/c1-8(9-4-3-7-16-9)14(2)12(15)10-5-6-11(13)17-10/h3-8H,1-2H3. The molecule has 0 saturated carbocycles. The van der Waals surface area contributed by atoms with Crippen molar-refractivity contribution < 1.29 is 9.21 Å². The number of furan rings is 1. The maximum absolute atomic E-state index is 12.2. The first-order chi connectivity index (χ1) is 8.09. The van der Waals surface area contributed by atoms with Crippen molar-refractivity contribution in [2.45, 2.75) is 13.0 Å². The second-order valence-electron chi connectivity index (χ2n) is 3.71. The summed E-state index contributed by atoms with van der Waals surface area (Å²) in [6.07, 6.45) is 1.62. The van der Waals surface area contributed by atoms with Gasteiger partial charge in [0, 0.05) is 7.05 Å². The lowest BCUT2D eigenvalue weighted by molar-refractivity contribution is 0.0731. The van der Waals surface area contributed by atoms with E-state index < -0.39 is 0 Å². The van der Waals surface area contributed by atoms with Crippen molar-refractivity contribution in [1.29, 1.82) is 0 Å². The molecule has 0 N–H and O–H groups in total. The number of thiophene rings is 1. The zero-order chi connectivity index (χ0) is 12.4. The molecule has 0 saturated heterocycles. The lowest BCUT2D eigenvalue weighted by Gasteiger charge is -2.22. The maximum atomic E-state index is 12.2. The van der Waals surface area contributed by atoms with Crippen molar-refractivity contribution in [3.63, 3.8) is 0 Å². The third-order valence-electron chi connectivity index (χ3n) is 2.64. The van der Waals surface area contributed by atoms with Crippen LogP contribution in [0.3, 0.4) is 0 Å². The highest BCUT2D eigenvalue weighted by molar-refractivity contribution is 9.11. The molecule has 0 aromatic carbocycles. The Kier molecular flexibility index (Phi) is 3.69. The van der Waals surface area contributed by atoms with Crippen LogP contribution in [-0.2, 0) is 0 Å². The normalized spacial score (nSPS) is 12.4. The number of rotatable bonds is 3. The highest BCUT2D eigenvalue weighted by Crippen LogP contribution is 2.26. The van der Waals surface area contributed by atoms with E-state index in [2.05, 4.69) is 15.9 Å². The zero-order valence-corrected chi connectivity index (χ0v) is 11.9. The van der Waals surface area contributed by atoms with E-state index in [-0.39, 0.29) is 11.9 Å². The van der Waals surface area contributed by atoms with Crippen molar-refractivity contribution in [3.8, 4) is 0 Å². The van der Waals surface area contributed by atoms with Crippen LogP contribution in [-0.4, -0.2) is 17.9 Å². The van der Waals surface area contributed by atoms with Gasteiger partial charge in [0.05, 0.1) is 21.0 Å². The number of carbonyl (C=O) groups is 1. The quantitative estimate of drug-likeness (QED) is 0.860. The Balaban J connectivity index is 2.15. The molecule has 5 heteroatoms. The summed E-state index contributed by atoms with van der Waals surface area (Å²) in [5.41, 5.74) is 0. The maximum Gasteiger partial charge on any atom is 0.264 e. The van der Waals surface area contributed by atoms with Gasteiger partial charge in [-0.2, -0.15) is 0 Å². The largest absolute Gasteiger partial charge is 0.467 e. The van der Waals surface area contributed by atoms with Crippen LogP contribution >= 0.6 is 27.3 Å². The third-order valence-corrected chi connectivity index (χ3v) is 4.25. The van der Waals surface area contributed by atoms with E-state index in [1.54, 1.807) is 18.2 Å². The summed E-state index contributed by atoms with van der Waals surface area (Å²) >= 11 is 4.79. The Morgan fingerprint density at radius 2 is 2.24 bits per heavy atom. The van der Waals surface area contributed by atoms with Crippen LogP contribution in [0.5, 0.6) is 0 Å². The molecular weight excluding hydrogens is 302 g/mol. The molecular formula is C12H12BrNO2S. The Labute approximate surface area is 112 Å². The molecule has 0 spiro atoms. The number of hydrogen-bond donors (Lipinski definition) is 0. The van der Waals surface area contributed by atoms with Gasteiger partial charge >= 0.3 is 0 Å². The van der Waals surface area contributed by atoms with Gasteiger partial charge in [-0.1, -0.05) is 0 Å². The lowest BCUT2D eigenvalue weighted by atomic mass is 10.2. The van der Waals surface area contributed by atoms with E-state index in [4.69, 9.17) is 4.42 Å². The minimum absolute atomic E-state index is 0.00426. The predicted octanol–water partition coefficient (Wildman–Crippen LogP) is 3.94. The number of hydrogen-bond acceptors (Lipinski definition) is 3. The van der Waals surface area contributed by atoms with Crippen molar-refractivity contribution in [3.05, 3.63) is 45.0 Å². The molecule has 3 nitrogen and oxygen atoms in total. The van der Waals surface area contributed by atoms with Crippen LogP contribution in [0.4, 0.5) is 0 Å². The van der Waals surface area contributed by atoms with Gasteiger partial charge in [0.1, 0.15) is 5.76 Å². The lowest BCUT2D eigenvalue weighted by Crippen LogP contribution is -2.28. The molecule has 1 atom stereocenters. The van der Waals surface area contributed by atoms with Crippen molar-refractivity contribution in [2.24, 2.45) is 0 Å². The van der Waals surface area contributed by atoms with Crippen LogP contribution < -0.4 is 0 Å². The first kappa shape index (κ1) is 12.4. The fraction of sp³-hybridized carbons (Fsp3) is 0.250. The summed E-state index contributed by atoms with van der Waals surface area (Å²) in [4.78, 5) is 14.6. The molecule has 0 aliphatic rings. The second-order valence-corrected chi connectivity index (χ2v) is 6.17. The highest BCUT2D eigenvalue weighted by atomic mass is 79.9. The molecule has 0 aliphatic heterocycles. The Morgan fingerprint density at radius 1 is 1.47 bits per heavy atom. The number of nitrogens with zero attached hydrogens (tertiary/aromatic N) is 1. The first-order valence-corrected chi connectivity index (χ1v) is 6.76. The smallest absolute Gasteiger partial charge is 0.264 e. The van der Waals surface area contributed by atoms with Gasteiger partial charge in [0.2, 0.25) is 0 Å². The highest BCUT2D eigenvalue weighted by Gasteiger charge is 2.21. The van der Waals surface area contributed by atoms with E-state index in [0.717, 1.165) is 14.4 Å². The third kappa shape index (κ3) is 2.61. The predicted molar refractivity (Wildman–Crippen MR) is 71.2 cm³/mol. The van der Waals surface area contributed by atoms with Gasteiger partial charge in [-0.15, -0.1) is 11.3 Å². The molecule has 1 unspecified atom stereocenters. The van der Waals surface area contributed by atoms with E-state index in [1.807, 2.05) is 31.2 Å². The van der Waals surface area contributed by atoms with E-state index in [9.17, 15) is 4.79 Å². The molecule has 1 amide bonds. The minimum Gasteiger partial charge on any atom is -0.467 e. The number of amides is 1. The molecule has 2 rings (SSSR count). The van der Waals surface area contributed by atoms with E-state index in [1.165, 1.54) is 11.3 Å². The summed E-state index contributed by atoms with van der Waals surface area (Å²) in [5, 5.41) is 0. The molecule has 0 bridgehead atoms. The molecule has 2 heterocycles. The summed E-state index contributed by atoms with van der Waals surface area (Å²) in [7, 11) is 1.78. The first-order valence-electron chi connectivity index (χ1n) is 5.15. The Hall–Kier alpha value is -1.07. The SMILES string of the molecule is CC(c1ccco1)N(C)C(=O)c1ccc(Br)s1. The van der Waals surface area contributed by atoms with Gasteiger partial charge in [0.15, 0.2) is 0 Å². The topological polar surface area (TPSA) is 33.5 Å². The molecule has 0 aliphatic carbocycles. The monoisotopic (exact) mass is 313 g/mol. The van der Waals surface area contributed by atoms with Gasteiger partial charge in [-0.3, -0.25) is 4.79 Å². The number of halogens is 1. The van der Waals surface area contributed by atoms with Crippen LogP contribution in [0.2, 0.25) is 0 Å². The molecule has 90 valence electrons. The molecule has 0 radical (unpaired) electrons. The molecule has 17 heavy (non-hydrogen) atoms. The summed E-state index contributed by atoms with van der Waals surface area (Å²) in [5.74, 6) is 0.793. The Morgan fingerprint density at radius 3 is 2.76 bits per heavy atom. The van der Waals surface area contributed by atoms with E-state index in [0.29, 0.717) is 0 Å². The summed E-state index contributed by atoms with van der Waals surface area (Å²) in [6, 6.07) is 7.33. The Bertz CT molecular complexity index is 506. The number of carbonyl (C=O) groups excluding carboxylic acids is 1. The van der Waals surface area contributed by atoms with Crippen molar-refractivity contribution in [2.75, 3.05) is 7.05 Å². The van der Waals surface area contributed by atoms with Crippen molar-refractivity contribution >= 4 is 33.2 Å². The minimum atomic E-state index is -0.0709. The summed E-state index contributed by atoms with van der Waals surface area (Å²) in [6.45, 7) is 1.94. The van der Waals surface area contributed by atoms with Gasteiger partial charge in [0.25, 0.3) is 5.91 Å². The van der Waals surface area contributed by atoms with Gasteiger partial charge in [-0.05, 0) is 47.1 Å². The van der Waals surface area contributed by atoms with Crippen LogP contribution in [0.1, 0.15) is 28.4 Å². The van der Waals surface area contributed by atoms with Crippen LogP contribution in [0.25, 0.3) is 0 Å². The van der Waals surface area contributed by atoms with Gasteiger partial charge in [-0.25, -0.2) is 0 Å². The fourth-order valence-electron chi connectivity index (χ4n) is 1.50. The van der Waals surface area contributed by atoms with Gasteiger partial charge < -0.3 is 9.32 Å². The zero-order valence-electron chi connectivity index (χ0n) is 9.51. The molecule has 0 fully saturated rings. The average molecular weight is 314 g/mol. The molecule has 2 aromatic heterocycles. The van der Waals surface area contributed by atoms with Crippen LogP contribution in [0, 0.1) is 0 Å². The molecule has 2 aromatic rings. The van der Waals surface area contributed by atoms with Crippen molar-refractivity contribution in [1.82, 2.24) is 4.90 Å². The average Bonchev–Trinajstić information content (AvgIpc) is 2.96. The second kappa shape index (κ2) is 5.06. The fourth-order valence-corrected chi connectivity index (χ4v) is 2.87.